The third-order valence-corrected chi connectivity index (χ3v) is 3.91. The van der Waals surface area contributed by atoms with Gasteiger partial charge in [-0.05, 0) is 43.7 Å². The average molecular weight is 275 g/mol. The van der Waals surface area contributed by atoms with E-state index in [0.29, 0.717) is 29.5 Å². The zero-order valence-electron chi connectivity index (χ0n) is 12.4. The fourth-order valence-electron chi connectivity index (χ4n) is 2.69. The summed E-state index contributed by atoms with van der Waals surface area (Å²) in [5.41, 5.74) is 2.77. The molecule has 1 N–H and O–H groups in total. The van der Waals surface area contributed by atoms with Crippen molar-refractivity contribution in [2.24, 2.45) is 5.92 Å². The zero-order chi connectivity index (χ0) is 14.3. The Hall–Kier alpha value is -1.35. The van der Waals surface area contributed by atoms with Gasteiger partial charge in [0.1, 0.15) is 17.2 Å². The number of halogens is 1. The molecule has 1 aromatic heterocycles. The van der Waals surface area contributed by atoms with Gasteiger partial charge in [-0.1, -0.05) is 19.9 Å². The van der Waals surface area contributed by atoms with Crippen LogP contribution in [0.3, 0.4) is 0 Å². The number of rotatable bonds is 5. The van der Waals surface area contributed by atoms with Gasteiger partial charge in [0.15, 0.2) is 0 Å². The van der Waals surface area contributed by atoms with Gasteiger partial charge in [0, 0.05) is 11.6 Å². The van der Waals surface area contributed by atoms with E-state index < -0.39 is 0 Å². The third-order valence-electron chi connectivity index (χ3n) is 3.91. The lowest BCUT2D eigenvalue weighted by Crippen LogP contribution is -2.16. The van der Waals surface area contributed by atoms with Crippen molar-refractivity contribution in [3.63, 3.8) is 0 Å². The highest BCUT2D eigenvalue weighted by molar-refractivity contribution is 5.85. The lowest BCUT2D eigenvalue weighted by Gasteiger charge is -2.07. The largest absolute Gasteiger partial charge is 0.459 e. The number of fused-ring (bicyclic) bond motifs is 1. The fraction of sp³-hybridized carbons (Fsp3) is 0.529. The number of furan rings is 1. The van der Waals surface area contributed by atoms with Crippen LogP contribution in [0.15, 0.2) is 16.5 Å². The molecule has 0 spiro atoms. The highest BCUT2D eigenvalue weighted by Crippen LogP contribution is 2.33. The van der Waals surface area contributed by atoms with Gasteiger partial charge in [-0.25, -0.2) is 4.39 Å². The summed E-state index contributed by atoms with van der Waals surface area (Å²) in [6.45, 7) is 7.00. The predicted molar refractivity (Wildman–Crippen MR) is 79.3 cm³/mol. The molecular weight excluding hydrogens is 253 g/mol. The van der Waals surface area contributed by atoms with Crippen LogP contribution in [0.4, 0.5) is 4.39 Å². The number of hydrogen-bond donors (Lipinski definition) is 1. The molecule has 0 saturated heterocycles. The molecule has 1 fully saturated rings. The fourth-order valence-corrected chi connectivity index (χ4v) is 2.69. The quantitative estimate of drug-likeness (QED) is 0.878. The number of hydrogen-bond acceptors (Lipinski definition) is 2. The molecule has 3 rings (SSSR count). The lowest BCUT2D eigenvalue weighted by atomic mass is 9.98. The van der Waals surface area contributed by atoms with E-state index in [2.05, 4.69) is 19.2 Å². The summed E-state index contributed by atoms with van der Waals surface area (Å²) >= 11 is 0. The second-order valence-electron chi connectivity index (χ2n) is 6.33. The van der Waals surface area contributed by atoms with Crippen molar-refractivity contribution < 1.29 is 8.81 Å². The maximum atomic E-state index is 14.2. The summed E-state index contributed by atoms with van der Waals surface area (Å²) in [6.07, 6.45) is 3.34. The van der Waals surface area contributed by atoms with Gasteiger partial charge in [0.25, 0.3) is 0 Å². The van der Waals surface area contributed by atoms with Crippen LogP contribution < -0.4 is 5.32 Å². The molecule has 0 bridgehead atoms. The first-order valence-electron chi connectivity index (χ1n) is 7.49. The molecule has 0 aliphatic heterocycles. The van der Waals surface area contributed by atoms with Crippen LogP contribution in [-0.2, 0) is 13.0 Å². The summed E-state index contributed by atoms with van der Waals surface area (Å²) in [7, 11) is 0. The molecule has 2 aromatic rings. The zero-order valence-corrected chi connectivity index (χ0v) is 12.4. The molecule has 1 saturated carbocycles. The Kier molecular flexibility index (Phi) is 3.55. The standard InChI is InChI=1S/C17H22FNO/c1-10(2)8-13-15(9-19-12-5-6-12)20-17-11(3)4-7-14(18)16(13)17/h4,7,10,12,19H,5-6,8-9H2,1-3H3. The monoisotopic (exact) mass is 275 g/mol. The first-order chi connectivity index (χ1) is 9.56. The van der Waals surface area contributed by atoms with Crippen molar-refractivity contribution in [1.29, 1.82) is 0 Å². The second-order valence-corrected chi connectivity index (χ2v) is 6.33. The molecule has 1 aliphatic rings. The first-order valence-corrected chi connectivity index (χ1v) is 7.49. The summed E-state index contributed by atoms with van der Waals surface area (Å²) in [5.74, 6) is 1.23. The van der Waals surface area contributed by atoms with Crippen LogP contribution in [0.25, 0.3) is 11.0 Å². The van der Waals surface area contributed by atoms with E-state index >= 15 is 0 Å². The van der Waals surface area contributed by atoms with Gasteiger partial charge in [0.05, 0.1) is 11.9 Å². The number of nitrogens with one attached hydrogen (secondary N) is 1. The van der Waals surface area contributed by atoms with Crippen LogP contribution >= 0.6 is 0 Å². The molecule has 0 radical (unpaired) electrons. The van der Waals surface area contributed by atoms with E-state index in [1.807, 2.05) is 6.92 Å². The molecule has 108 valence electrons. The van der Waals surface area contributed by atoms with E-state index in [-0.39, 0.29) is 5.82 Å². The minimum Gasteiger partial charge on any atom is -0.459 e. The molecule has 1 aromatic carbocycles. The highest BCUT2D eigenvalue weighted by Gasteiger charge is 2.24. The maximum absolute atomic E-state index is 14.2. The summed E-state index contributed by atoms with van der Waals surface area (Å²) in [6, 6.07) is 3.97. The van der Waals surface area contributed by atoms with Gasteiger partial charge >= 0.3 is 0 Å². The highest BCUT2D eigenvalue weighted by atomic mass is 19.1. The van der Waals surface area contributed by atoms with E-state index in [1.54, 1.807) is 12.1 Å². The van der Waals surface area contributed by atoms with Crippen molar-refractivity contribution in [3.8, 4) is 0 Å². The van der Waals surface area contributed by atoms with Crippen LogP contribution in [0.5, 0.6) is 0 Å². The Bertz CT molecular complexity index is 625. The van der Waals surface area contributed by atoms with Gasteiger partial charge < -0.3 is 9.73 Å². The average Bonchev–Trinajstić information content (AvgIpc) is 3.14. The Morgan fingerprint density at radius 1 is 1.35 bits per heavy atom. The normalized spacial score (nSPS) is 15.4. The Morgan fingerprint density at radius 3 is 2.75 bits per heavy atom. The smallest absolute Gasteiger partial charge is 0.140 e. The van der Waals surface area contributed by atoms with E-state index in [0.717, 1.165) is 23.3 Å². The Balaban J connectivity index is 2.05. The summed E-state index contributed by atoms with van der Waals surface area (Å²) in [4.78, 5) is 0. The number of benzene rings is 1. The molecule has 1 heterocycles. The summed E-state index contributed by atoms with van der Waals surface area (Å²) in [5, 5.41) is 4.16. The van der Waals surface area contributed by atoms with Crippen LogP contribution in [0, 0.1) is 18.7 Å². The lowest BCUT2D eigenvalue weighted by molar-refractivity contribution is 0.498. The third kappa shape index (κ3) is 2.59. The van der Waals surface area contributed by atoms with Crippen molar-refractivity contribution >= 4 is 11.0 Å². The van der Waals surface area contributed by atoms with Crippen molar-refractivity contribution in [2.75, 3.05) is 0 Å². The minimum absolute atomic E-state index is 0.164. The minimum atomic E-state index is -0.164. The van der Waals surface area contributed by atoms with Gasteiger partial charge in [-0.3, -0.25) is 0 Å². The van der Waals surface area contributed by atoms with Gasteiger partial charge in [-0.2, -0.15) is 0 Å². The van der Waals surface area contributed by atoms with Crippen LogP contribution in [0.2, 0.25) is 0 Å². The molecule has 2 nitrogen and oxygen atoms in total. The van der Waals surface area contributed by atoms with E-state index in [1.165, 1.54) is 12.8 Å². The summed E-state index contributed by atoms with van der Waals surface area (Å²) < 4.78 is 20.2. The van der Waals surface area contributed by atoms with E-state index in [9.17, 15) is 4.39 Å². The van der Waals surface area contributed by atoms with Crippen LogP contribution in [0.1, 0.15) is 43.6 Å². The Labute approximate surface area is 119 Å². The SMILES string of the molecule is Cc1ccc(F)c2c(CC(C)C)c(CNC3CC3)oc12. The van der Waals surface area contributed by atoms with Gasteiger partial charge in [0.2, 0.25) is 0 Å². The second kappa shape index (κ2) is 5.21. The molecule has 0 amide bonds. The molecule has 1 aliphatic carbocycles. The first kappa shape index (κ1) is 13.6. The molecule has 20 heavy (non-hydrogen) atoms. The van der Waals surface area contributed by atoms with Gasteiger partial charge in [-0.15, -0.1) is 0 Å². The topological polar surface area (TPSA) is 25.2 Å². The predicted octanol–water partition coefficient (Wildman–Crippen LogP) is 4.33. The van der Waals surface area contributed by atoms with Crippen molar-refractivity contribution in [2.45, 2.75) is 52.6 Å². The number of aryl methyl sites for hydroxylation is 1. The molecule has 3 heteroatoms. The maximum Gasteiger partial charge on any atom is 0.140 e. The van der Waals surface area contributed by atoms with Crippen molar-refractivity contribution in [1.82, 2.24) is 5.32 Å². The molecule has 0 unspecified atom stereocenters. The van der Waals surface area contributed by atoms with E-state index in [4.69, 9.17) is 4.42 Å². The Morgan fingerprint density at radius 2 is 2.10 bits per heavy atom. The molecular formula is C17H22FNO. The molecule has 0 atom stereocenters. The van der Waals surface area contributed by atoms with Crippen molar-refractivity contribution in [3.05, 3.63) is 34.8 Å². The van der Waals surface area contributed by atoms with Crippen LogP contribution in [-0.4, -0.2) is 6.04 Å².